The van der Waals surface area contributed by atoms with Crippen LogP contribution in [0.3, 0.4) is 0 Å². The third kappa shape index (κ3) is 3.32. The van der Waals surface area contributed by atoms with E-state index in [-0.39, 0.29) is 11.9 Å². The van der Waals surface area contributed by atoms with Crippen LogP contribution in [0.25, 0.3) is 0 Å². The molecular formula is C12H19N5O. The first-order chi connectivity index (χ1) is 8.67. The molecule has 2 heterocycles. The van der Waals surface area contributed by atoms with Crippen LogP contribution in [0.2, 0.25) is 0 Å². The lowest BCUT2D eigenvalue weighted by Crippen LogP contribution is -2.32. The highest BCUT2D eigenvalue weighted by atomic mass is 16.1. The molecule has 0 aliphatic carbocycles. The molecule has 98 valence electrons. The molecule has 0 spiro atoms. The first-order valence-electron chi connectivity index (χ1n) is 6.30. The number of carbonyl (C=O) groups excluding carboxylic acids is 1. The van der Waals surface area contributed by atoms with Gasteiger partial charge in [-0.25, -0.2) is 4.98 Å². The normalized spacial score (nSPS) is 18.6. The van der Waals surface area contributed by atoms with E-state index >= 15 is 0 Å². The number of rotatable bonds is 5. The van der Waals surface area contributed by atoms with Gasteiger partial charge in [-0.05, 0) is 20.3 Å². The van der Waals surface area contributed by atoms with Gasteiger partial charge in [0.05, 0.1) is 0 Å². The first kappa shape index (κ1) is 12.6. The van der Waals surface area contributed by atoms with Crippen LogP contribution < -0.4 is 16.0 Å². The summed E-state index contributed by atoms with van der Waals surface area (Å²) < 4.78 is 0. The van der Waals surface area contributed by atoms with Crippen molar-refractivity contribution in [2.75, 3.05) is 23.7 Å². The highest BCUT2D eigenvalue weighted by molar-refractivity contribution is 5.78. The summed E-state index contributed by atoms with van der Waals surface area (Å²) in [6.45, 7) is 5.44. The molecule has 0 radical (unpaired) electrons. The molecule has 1 atom stereocenters. The zero-order valence-electron chi connectivity index (χ0n) is 10.8. The number of anilines is 2. The standard InChI is InChI=1S/C12H19N5O/c1-3-13-12-15-8(2)6-10(17-12)14-7-9-4-5-11(18)16-9/h6,9H,3-5,7H2,1-2H3,(H,16,18)(H2,13,14,15,17). The van der Waals surface area contributed by atoms with E-state index in [2.05, 4.69) is 25.9 Å². The summed E-state index contributed by atoms with van der Waals surface area (Å²) in [6.07, 6.45) is 1.51. The van der Waals surface area contributed by atoms with Crippen molar-refractivity contribution in [2.24, 2.45) is 0 Å². The number of nitrogens with one attached hydrogen (secondary N) is 3. The second kappa shape index (κ2) is 5.66. The minimum Gasteiger partial charge on any atom is -0.368 e. The Kier molecular flexibility index (Phi) is 3.96. The van der Waals surface area contributed by atoms with Crippen LogP contribution in [0.5, 0.6) is 0 Å². The van der Waals surface area contributed by atoms with E-state index in [9.17, 15) is 4.79 Å². The summed E-state index contributed by atoms with van der Waals surface area (Å²) in [4.78, 5) is 19.7. The molecule has 1 saturated heterocycles. The fourth-order valence-corrected chi connectivity index (χ4v) is 1.95. The topological polar surface area (TPSA) is 78.9 Å². The van der Waals surface area contributed by atoms with Crippen LogP contribution in [-0.4, -0.2) is 35.0 Å². The lowest BCUT2D eigenvalue weighted by atomic mass is 10.2. The maximum absolute atomic E-state index is 11.1. The Labute approximate surface area is 107 Å². The minimum atomic E-state index is 0.133. The van der Waals surface area contributed by atoms with Gasteiger partial charge in [0.2, 0.25) is 11.9 Å². The average molecular weight is 249 g/mol. The Balaban J connectivity index is 1.94. The van der Waals surface area contributed by atoms with Gasteiger partial charge in [-0.2, -0.15) is 4.98 Å². The Morgan fingerprint density at radius 1 is 1.44 bits per heavy atom. The van der Waals surface area contributed by atoms with Crippen molar-refractivity contribution in [2.45, 2.75) is 32.7 Å². The summed E-state index contributed by atoms with van der Waals surface area (Å²) in [6, 6.07) is 2.10. The van der Waals surface area contributed by atoms with Crippen molar-refractivity contribution in [1.82, 2.24) is 15.3 Å². The van der Waals surface area contributed by atoms with Crippen LogP contribution in [0.4, 0.5) is 11.8 Å². The Bertz CT molecular complexity index is 434. The predicted octanol–water partition coefficient (Wildman–Crippen LogP) is 0.907. The van der Waals surface area contributed by atoms with Crippen molar-refractivity contribution in [3.63, 3.8) is 0 Å². The SMILES string of the molecule is CCNc1nc(C)cc(NCC2CCC(=O)N2)n1. The molecule has 1 aliphatic heterocycles. The van der Waals surface area contributed by atoms with E-state index in [4.69, 9.17) is 0 Å². The van der Waals surface area contributed by atoms with Crippen LogP contribution in [0.15, 0.2) is 6.07 Å². The fraction of sp³-hybridized carbons (Fsp3) is 0.583. The quantitative estimate of drug-likeness (QED) is 0.723. The molecule has 0 saturated carbocycles. The monoisotopic (exact) mass is 249 g/mol. The van der Waals surface area contributed by atoms with Crippen molar-refractivity contribution < 1.29 is 4.79 Å². The molecule has 0 bridgehead atoms. The summed E-state index contributed by atoms with van der Waals surface area (Å²) in [5.41, 5.74) is 0.916. The van der Waals surface area contributed by atoms with Crippen molar-refractivity contribution in [1.29, 1.82) is 0 Å². The Morgan fingerprint density at radius 3 is 2.94 bits per heavy atom. The third-order valence-corrected chi connectivity index (χ3v) is 2.80. The van der Waals surface area contributed by atoms with E-state index in [0.717, 1.165) is 24.5 Å². The molecule has 1 unspecified atom stereocenters. The molecule has 1 fully saturated rings. The molecule has 1 aromatic heterocycles. The number of nitrogens with zero attached hydrogens (tertiary/aromatic N) is 2. The average Bonchev–Trinajstić information content (AvgIpc) is 2.72. The van der Waals surface area contributed by atoms with Gasteiger partial charge >= 0.3 is 0 Å². The van der Waals surface area contributed by atoms with Crippen LogP contribution in [0, 0.1) is 6.92 Å². The Hall–Kier alpha value is -1.85. The number of aromatic nitrogens is 2. The van der Waals surface area contributed by atoms with Crippen LogP contribution >= 0.6 is 0 Å². The van der Waals surface area contributed by atoms with Crippen LogP contribution in [-0.2, 0) is 4.79 Å². The molecular weight excluding hydrogens is 230 g/mol. The smallest absolute Gasteiger partial charge is 0.224 e. The molecule has 1 amide bonds. The number of hydrogen-bond acceptors (Lipinski definition) is 5. The number of amides is 1. The maximum atomic E-state index is 11.1. The van der Waals surface area contributed by atoms with Crippen molar-refractivity contribution in [3.05, 3.63) is 11.8 Å². The summed E-state index contributed by atoms with van der Waals surface area (Å²) in [5.74, 6) is 1.56. The van der Waals surface area contributed by atoms with Crippen molar-refractivity contribution in [3.8, 4) is 0 Å². The molecule has 2 rings (SSSR count). The summed E-state index contributed by atoms with van der Waals surface area (Å²) in [7, 11) is 0. The maximum Gasteiger partial charge on any atom is 0.224 e. The molecule has 6 heteroatoms. The first-order valence-corrected chi connectivity index (χ1v) is 6.30. The van der Waals surface area contributed by atoms with Crippen molar-refractivity contribution >= 4 is 17.7 Å². The van der Waals surface area contributed by atoms with Gasteiger partial charge < -0.3 is 16.0 Å². The second-order valence-corrected chi connectivity index (χ2v) is 4.43. The third-order valence-electron chi connectivity index (χ3n) is 2.80. The number of hydrogen-bond donors (Lipinski definition) is 3. The van der Waals surface area contributed by atoms with Crippen LogP contribution in [0.1, 0.15) is 25.5 Å². The zero-order valence-corrected chi connectivity index (χ0v) is 10.8. The minimum absolute atomic E-state index is 0.133. The number of aryl methyl sites for hydroxylation is 1. The molecule has 1 aromatic rings. The highest BCUT2D eigenvalue weighted by Gasteiger charge is 2.20. The lowest BCUT2D eigenvalue weighted by Gasteiger charge is -2.13. The zero-order chi connectivity index (χ0) is 13.0. The molecule has 6 nitrogen and oxygen atoms in total. The van der Waals surface area contributed by atoms with E-state index in [1.807, 2.05) is 19.9 Å². The fourth-order valence-electron chi connectivity index (χ4n) is 1.95. The van der Waals surface area contributed by atoms with Gasteiger partial charge in [-0.15, -0.1) is 0 Å². The highest BCUT2D eigenvalue weighted by Crippen LogP contribution is 2.11. The van der Waals surface area contributed by atoms with Gasteiger partial charge in [0.15, 0.2) is 0 Å². The van der Waals surface area contributed by atoms with E-state index < -0.39 is 0 Å². The molecule has 1 aliphatic rings. The molecule has 0 aromatic carbocycles. The second-order valence-electron chi connectivity index (χ2n) is 4.43. The van der Waals surface area contributed by atoms with Gasteiger partial charge in [-0.1, -0.05) is 0 Å². The van der Waals surface area contributed by atoms with Gasteiger partial charge in [0.1, 0.15) is 5.82 Å². The molecule has 3 N–H and O–H groups in total. The van der Waals surface area contributed by atoms with Gasteiger partial charge in [-0.3, -0.25) is 4.79 Å². The Morgan fingerprint density at radius 2 is 2.28 bits per heavy atom. The molecule has 18 heavy (non-hydrogen) atoms. The summed E-state index contributed by atoms with van der Waals surface area (Å²) >= 11 is 0. The lowest BCUT2D eigenvalue weighted by molar-refractivity contribution is -0.119. The van der Waals surface area contributed by atoms with Gasteiger partial charge in [0, 0.05) is 37.3 Å². The van der Waals surface area contributed by atoms with E-state index in [1.54, 1.807) is 0 Å². The number of carbonyl (C=O) groups is 1. The van der Waals surface area contributed by atoms with E-state index in [1.165, 1.54) is 0 Å². The van der Waals surface area contributed by atoms with Gasteiger partial charge in [0.25, 0.3) is 0 Å². The predicted molar refractivity (Wildman–Crippen MR) is 70.6 cm³/mol. The van der Waals surface area contributed by atoms with E-state index in [0.29, 0.717) is 18.9 Å². The summed E-state index contributed by atoms with van der Waals surface area (Å²) in [5, 5.41) is 9.25. The largest absolute Gasteiger partial charge is 0.368 e.